The highest BCUT2D eigenvalue weighted by atomic mass is 16.3. The van der Waals surface area contributed by atoms with E-state index in [4.69, 9.17) is 0 Å². The van der Waals surface area contributed by atoms with Gasteiger partial charge in [0, 0.05) is 12.7 Å². The number of hydrogen-bond acceptors (Lipinski definition) is 2. The first kappa shape index (κ1) is 12.2. The van der Waals surface area contributed by atoms with Crippen LogP contribution in [0.4, 0.5) is 5.69 Å². The van der Waals surface area contributed by atoms with Crippen LogP contribution in [0, 0.1) is 0 Å². The van der Waals surface area contributed by atoms with Crippen LogP contribution in [0.15, 0.2) is 42.5 Å². The number of para-hydroxylation sites is 1. The van der Waals surface area contributed by atoms with E-state index in [2.05, 4.69) is 36.2 Å². The van der Waals surface area contributed by atoms with Gasteiger partial charge in [0.25, 0.3) is 0 Å². The minimum absolute atomic E-state index is 0.224. The molecule has 0 spiro atoms. The maximum absolute atomic E-state index is 10.2. The molecule has 0 saturated carbocycles. The molecule has 0 radical (unpaired) electrons. The summed E-state index contributed by atoms with van der Waals surface area (Å²) >= 11 is 0. The third-order valence-electron chi connectivity index (χ3n) is 3.53. The molecule has 2 rings (SSSR count). The van der Waals surface area contributed by atoms with Crippen LogP contribution in [0.1, 0.15) is 25.7 Å². The standard InChI is InChI=1S/C15H21NO/c1-16(13-9-5-4-6-10-13)14-11-7-2-3-8-12-15(14)17/h2-6,9-10,14-15,17H,7-8,11-12H2,1H3/b3-2-/t14-,15-/m1/s1. The summed E-state index contributed by atoms with van der Waals surface area (Å²) in [6.45, 7) is 0. The van der Waals surface area contributed by atoms with Crippen LogP contribution in [0.2, 0.25) is 0 Å². The molecular weight excluding hydrogens is 210 g/mol. The van der Waals surface area contributed by atoms with Crippen molar-refractivity contribution >= 4 is 5.69 Å². The van der Waals surface area contributed by atoms with Crippen molar-refractivity contribution in [2.75, 3.05) is 11.9 Å². The second-order valence-corrected chi connectivity index (χ2v) is 4.71. The molecule has 0 aromatic heterocycles. The quantitative estimate of drug-likeness (QED) is 0.791. The fourth-order valence-corrected chi connectivity index (χ4v) is 2.46. The van der Waals surface area contributed by atoms with Crippen LogP contribution < -0.4 is 4.90 Å². The van der Waals surface area contributed by atoms with Crippen LogP contribution in [0.5, 0.6) is 0 Å². The largest absolute Gasteiger partial charge is 0.391 e. The van der Waals surface area contributed by atoms with E-state index in [1.807, 2.05) is 18.2 Å². The lowest BCUT2D eigenvalue weighted by molar-refractivity contribution is 0.129. The summed E-state index contributed by atoms with van der Waals surface area (Å²) in [5, 5.41) is 10.2. The van der Waals surface area contributed by atoms with E-state index in [9.17, 15) is 5.11 Å². The number of aliphatic hydroxyl groups is 1. The van der Waals surface area contributed by atoms with Crippen molar-refractivity contribution < 1.29 is 5.11 Å². The number of aliphatic hydroxyl groups excluding tert-OH is 1. The summed E-state index contributed by atoms with van der Waals surface area (Å²) in [6, 6.07) is 10.5. The highest BCUT2D eigenvalue weighted by Gasteiger charge is 2.23. The third-order valence-corrected chi connectivity index (χ3v) is 3.53. The molecule has 2 nitrogen and oxygen atoms in total. The van der Waals surface area contributed by atoms with Crippen LogP contribution in [-0.4, -0.2) is 24.3 Å². The zero-order valence-corrected chi connectivity index (χ0v) is 10.4. The van der Waals surface area contributed by atoms with Gasteiger partial charge in [0.05, 0.1) is 12.1 Å². The van der Waals surface area contributed by atoms with Crippen LogP contribution in [-0.2, 0) is 0 Å². The Morgan fingerprint density at radius 3 is 2.41 bits per heavy atom. The van der Waals surface area contributed by atoms with Crippen molar-refractivity contribution in [1.82, 2.24) is 0 Å². The van der Waals surface area contributed by atoms with Crippen molar-refractivity contribution in [3.63, 3.8) is 0 Å². The highest BCUT2D eigenvalue weighted by molar-refractivity contribution is 5.46. The van der Waals surface area contributed by atoms with Crippen LogP contribution >= 0.6 is 0 Å². The average Bonchev–Trinajstić information content (AvgIpc) is 2.35. The maximum Gasteiger partial charge on any atom is 0.0746 e. The molecule has 0 saturated heterocycles. The van der Waals surface area contributed by atoms with Crippen molar-refractivity contribution in [1.29, 1.82) is 0 Å². The summed E-state index contributed by atoms with van der Waals surface area (Å²) in [4.78, 5) is 2.21. The molecule has 1 aromatic rings. The first-order valence-corrected chi connectivity index (χ1v) is 6.40. The first-order valence-electron chi connectivity index (χ1n) is 6.40. The molecule has 1 aliphatic carbocycles. The second-order valence-electron chi connectivity index (χ2n) is 4.71. The molecule has 0 aliphatic heterocycles. The fraction of sp³-hybridized carbons (Fsp3) is 0.467. The Morgan fingerprint density at radius 1 is 1.06 bits per heavy atom. The molecule has 0 bridgehead atoms. The molecule has 0 fully saturated rings. The van der Waals surface area contributed by atoms with Gasteiger partial charge < -0.3 is 10.0 Å². The Hall–Kier alpha value is -1.28. The molecule has 0 unspecified atom stereocenters. The molecule has 0 heterocycles. The molecule has 1 aromatic carbocycles. The monoisotopic (exact) mass is 231 g/mol. The van der Waals surface area contributed by atoms with E-state index >= 15 is 0 Å². The Balaban J connectivity index is 2.11. The lowest BCUT2D eigenvalue weighted by Gasteiger charge is -2.34. The summed E-state index contributed by atoms with van der Waals surface area (Å²) in [5.41, 5.74) is 1.18. The molecule has 2 atom stereocenters. The zero-order valence-electron chi connectivity index (χ0n) is 10.4. The highest BCUT2D eigenvalue weighted by Crippen LogP contribution is 2.23. The van der Waals surface area contributed by atoms with Gasteiger partial charge in [-0.25, -0.2) is 0 Å². The Kier molecular flexibility index (Phi) is 4.21. The SMILES string of the molecule is CN(c1ccccc1)[C@@H]1CC/C=C\CC[C@H]1O. The number of nitrogens with zero attached hydrogens (tertiary/aromatic N) is 1. The van der Waals surface area contributed by atoms with Gasteiger partial charge in [-0.15, -0.1) is 0 Å². The Morgan fingerprint density at radius 2 is 1.71 bits per heavy atom. The van der Waals surface area contributed by atoms with E-state index in [1.165, 1.54) is 5.69 Å². The van der Waals surface area contributed by atoms with Crippen molar-refractivity contribution in [2.45, 2.75) is 37.8 Å². The van der Waals surface area contributed by atoms with Crippen molar-refractivity contribution in [2.24, 2.45) is 0 Å². The van der Waals surface area contributed by atoms with E-state index in [0.717, 1.165) is 25.7 Å². The minimum Gasteiger partial charge on any atom is -0.391 e. The van der Waals surface area contributed by atoms with Crippen molar-refractivity contribution in [3.05, 3.63) is 42.5 Å². The van der Waals surface area contributed by atoms with Gasteiger partial charge in [-0.3, -0.25) is 0 Å². The van der Waals surface area contributed by atoms with Gasteiger partial charge in [-0.1, -0.05) is 30.4 Å². The predicted octanol–water partition coefficient (Wildman–Crippen LogP) is 2.98. The number of anilines is 1. The lowest BCUT2D eigenvalue weighted by Crippen LogP contribution is -2.41. The number of rotatable bonds is 2. The summed E-state index contributed by atoms with van der Waals surface area (Å²) in [6.07, 6.45) is 8.10. The lowest BCUT2D eigenvalue weighted by atomic mass is 9.96. The van der Waals surface area contributed by atoms with E-state index in [-0.39, 0.29) is 12.1 Å². The fourth-order valence-electron chi connectivity index (χ4n) is 2.46. The van der Waals surface area contributed by atoms with Gasteiger partial charge in [0.2, 0.25) is 0 Å². The number of allylic oxidation sites excluding steroid dienone is 2. The van der Waals surface area contributed by atoms with E-state index < -0.39 is 0 Å². The summed E-state index contributed by atoms with van der Waals surface area (Å²) in [7, 11) is 2.08. The molecular formula is C15H21NO. The molecule has 92 valence electrons. The maximum atomic E-state index is 10.2. The Bertz CT molecular complexity index is 360. The first-order chi connectivity index (χ1) is 8.29. The topological polar surface area (TPSA) is 23.5 Å². The van der Waals surface area contributed by atoms with Crippen molar-refractivity contribution in [3.8, 4) is 0 Å². The number of benzene rings is 1. The molecule has 2 heteroatoms. The summed E-state index contributed by atoms with van der Waals surface area (Å²) < 4.78 is 0. The van der Waals surface area contributed by atoms with E-state index in [1.54, 1.807) is 0 Å². The van der Waals surface area contributed by atoms with Gasteiger partial charge in [-0.2, -0.15) is 0 Å². The number of likely N-dealkylation sites (N-methyl/N-ethyl adjacent to an activating group) is 1. The summed E-state index contributed by atoms with van der Waals surface area (Å²) in [5.74, 6) is 0. The van der Waals surface area contributed by atoms with Gasteiger partial charge in [-0.05, 0) is 37.8 Å². The van der Waals surface area contributed by atoms with Gasteiger partial charge >= 0.3 is 0 Å². The third kappa shape index (κ3) is 3.10. The second kappa shape index (κ2) is 5.87. The average molecular weight is 231 g/mol. The van der Waals surface area contributed by atoms with Crippen LogP contribution in [0.3, 0.4) is 0 Å². The molecule has 0 amide bonds. The van der Waals surface area contributed by atoms with E-state index in [0.29, 0.717) is 0 Å². The number of hydrogen-bond donors (Lipinski definition) is 1. The Labute approximate surface area is 104 Å². The smallest absolute Gasteiger partial charge is 0.0746 e. The molecule has 1 N–H and O–H groups in total. The van der Waals surface area contributed by atoms with Crippen LogP contribution in [0.25, 0.3) is 0 Å². The molecule has 17 heavy (non-hydrogen) atoms. The predicted molar refractivity (Wildman–Crippen MR) is 72.2 cm³/mol. The zero-order chi connectivity index (χ0) is 12.1. The normalized spacial score (nSPS) is 26.9. The van der Waals surface area contributed by atoms with Gasteiger partial charge in [0.1, 0.15) is 0 Å². The van der Waals surface area contributed by atoms with Gasteiger partial charge in [0.15, 0.2) is 0 Å². The molecule has 1 aliphatic rings. The minimum atomic E-state index is -0.231.